The Bertz CT molecular complexity index is 1250. The number of aromatic nitrogens is 2. The van der Waals surface area contributed by atoms with Gasteiger partial charge in [-0.2, -0.15) is 5.10 Å². The second-order valence-electron chi connectivity index (χ2n) is 9.77. The summed E-state index contributed by atoms with van der Waals surface area (Å²) in [5.41, 5.74) is 0.928. The van der Waals surface area contributed by atoms with Gasteiger partial charge in [0.2, 0.25) is 11.8 Å². The van der Waals surface area contributed by atoms with Crippen molar-refractivity contribution in [2.75, 3.05) is 19.8 Å². The number of fused-ring (bicyclic) bond motifs is 1. The van der Waals surface area contributed by atoms with E-state index in [-0.39, 0.29) is 11.5 Å². The van der Waals surface area contributed by atoms with Crippen LogP contribution in [0.25, 0.3) is 10.9 Å². The Hall–Kier alpha value is -3.83. The summed E-state index contributed by atoms with van der Waals surface area (Å²) >= 11 is 0. The van der Waals surface area contributed by atoms with Crippen LogP contribution >= 0.6 is 0 Å². The van der Waals surface area contributed by atoms with Crippen LogP contribution in [0.15, 0.2) is 48.5 Å². The topological polar surface area (TPSA) is 146 Å². The van der Waals surface area contributed by atoms with Crippen molar-refractivity contribution in [1.82, 2.24) is 25.7 Å². The van der Waals surface area contributed by atoms with Crippen LogP contribution in [0.5, 0.6) is 0 Å². The number of aliphatic hydroxyl groups excluding tert-OH is 2. The minimum absolute atomic E-state index is 0.131. The summed E-state index contributed by atoms with van der Waals surface area (Å²) in [6.07, 6.45) is 0. The zero-order valence-electron chi connectivity index (χ0n) is 21.0. The molecule has 0 aliphatic rings. The molecule has 1 heterocycles. The lowest BCUT2D eigenvalue weighted by molar-refractivity contribution is -0.129. The molecule has 5 N–H and O–H groups in total. The van der Waals surface area contributed by atoms with E-state index in [1.165, 1.54) is 12.1 Å². The highest BCUT2D eigenvalue weighted by molar-refractivity contribution is 6.06. The summed E-state index contributed by atoms with van der Waals surface area (Å²) in [6.45, 7) is 4.35. The number of halogens is 1. The van der Waals surface area contributed by atoms with E-state index >= 15 is 0 Å². The molecule has 2 aromatic carbocycles. The van der Waals surface area contributed by atoms with Crippen LogP contribution in [-0.2, 0) is 16.1 Å². The highest BCUT2D eigenvalue weighted by Gasteiger charge is 2.34. The average Bonchev–Trinajstić information content (AvgIpc) is 3.23. The Labute approximate surface area is 213 Å². The van der Waals surface area contributed by atoms with Crippen LogP contribution in [-0.4, -0.2) is 69.6 Å². The van der Waals surface area contributed by atoms with Crippen molar-refractivity contribution >= 4 is 28.6 Å². The number of carbonyl (C=O) groups is 3. The third-order valence-electron chi connectivity index (χ3n) is 5.75. The number of aliphatic hydroxyl groups is 2. The number of benzene rings is 2. The molecule has 0 aliphatic heterocycles. The van der Waals surface area contributed by atoms with Crippen LogP contribution in [0.3, 0.4) is 0 Å². The smallest absolute Gasteiger partial charge is 0.273 e. The quantitative estimate of drug-likeness (QED) is 0.273. The predicted octanol–water partition coefficient (Wildman–Crippen LogP) is 0.954. The van der Waals surface area contributed by atoms with Crippen LogP contribution < -0.4 is 16.0 Å². The number of hydrogen-bond acceptors (Lipinski definition) is 6. The molecule has 10 nitrogen and oxygen atoms in total. The number of carbonyl (C=O) groups excluding carboxylic acids is 3. The molecule has 0 saturated carbocycles. The molecule has 0 aliphatic carbocycles. The lowest BCUT2D eigenvalue weighted by atomic mass is 9.86. The molecule has 3 aromatic rings. The summed E-state index contributed by atoms with van der Waals surface area (Å²) in [5.74, 6) is -2.07. The van der Waals surface area contributed by atoms with Gasteiger partial charge in [0.25, 0.3) is 5.91 Å². The molecule has 1 unspecified atom stereocenters. The maximum absolute atomic E-state index is 13.3. The van der Waals surface area contributed by atoms with Gasteiger partial charge in [-0.25, -0.2) is 4.39 Å². The average molecular weight is 514 g/mol. The van der Waals surface area contributed by atoms with Gasteiger partial charge in [0.1, 0.15) is 11.9 Å². The van der Waals surface area contributed by atoms with Gasteiger partial charge < -0.3 is 26.2 Å². The van der Waals surface area contributed by atoms with Crippen molar-refractivity contribution < 1.29 is 29.0 Å². The van der Waals surface area contributed by atoms with Gasteiger partial charge in [-0.3, -0.25) is 19.1 Å². The van der Waals surface area contributed by atoms with Crippen LogP contribution in [0.2, 0.25) is 0 Å². The number of hydrogen-bond donors (Lipinski definition) is 5. The zero-order valence-corrected chi connectivity index (χ0v) is 21.0. The lowest BCUT2D eigenvalue weighted by Gasteiger charge is -2.30. The van der Waals surface area contributed by atoms with Gasteiger partial charge in [0.15, 0.2) is 5.69 Å². The van der Waals surface area contributed by atoms with E-state index in [4.69, 9.17) is 10.2 Å². The van der Waals surface area contributed by atoms with E-state index in [1.807, 2.05) is 12.1 Å². The monoisotopic (exact) mass is 513 g/mol. The van der Waals surface area contributed by atoms with Gasteiger partial charge in [0.05, 0.1) is 37.9 Å². The first-order chi connectivity index (χ1) is 17.5. The summed E-state index contributed by atoms with van der Waals surface area (Å²) in [7, 11) is 0. The fourth-order valence-corrected chi connectivity index (χ4v) is 3.75. The second kappa shape index (κ2) is 11.9. The predicted molar refractivity (Wildman–Crippen MR) is 135 cm³/mol. The van der Waals surface area contributed by atoms with Gasteiger partial charge >= 0.3 is 0 Å². The fraction of sp³-hybridized carbons (Fsp3) is 0.385. The number of nitrogens with one attached hydrogen (secondary N) is 3. The third-order valence-corrected chi connectivity index (χ3v) is 5.75. The summed E-state index contributed by atoms with van der Waals surface area (Å²) in [4.78, 5) is 38.3. The van der Waals surface area contributed by atoms with E-state index in [9.17, 15) is 18.8 Å². The molecule has 0 spiro atoms. The molecule has 3 amide bonds. The van der Waals surface area contributed by atoms with Crippen molar-refractivity contribution in [1.29, 1.82) is 0 Å². The highest BCUT2D eigenvalue weighted by atomic mass is 19.1. The first-order valence-electron chi connectivity index (χ1n) is 11.8. The van der Waals surface area contributed by atoms with Crippen molar-refractivity contribution in [3.05, 3.63) is 65.6 Å². The van der Waals surface area contributed by atoms with Crippen molar-refractivity contribution in [2.45, 2.75) is 39.4 Å². The Balaban J connectivity index is 1.78. The molecule has 1 atom stereocenters. The Morgan fingerprint density at radius 2 is 1.65 bits per heavy atom. The largest absolute Gasteiger partial charge is 0.394 e. The van der Waals surface area contributed by atoms with Crippen LogP contribution in [0.1, 0.15) is 36.8 Å². The number of rotatable bonds is 10. The normalized spacial score (nSPS) is 12.4. The molecule has 1 aromatic heterocycles. The fourth-order valence-electron chi connectivity index (χ4n) is 3.75. The van der Waals surface area contributed by atoms with E-state index in [2.05, 4.69) is 21.0 Å². The number of amides is 3. The van der Waals surface area contributed by atoms with Crippen molar-refractivity contribution in [3.8, 4) is 0 Å². The molecule has 11 heteroatoms. The van der Waals surface area contributed by atoms with Gasteiger partial charge in [-0.05, 0) is 29.2 Å². The highest BCUT2D eigenvalue weighted by Crippen LogP contribution is 2.23. The SMILES string of the molecule is CC(C)(C)C(NC(=O)c1nn(Cc2ccc(F)cc2)c2ccccc12)C(=O)NCC(=O)NC(CO)CO. The second-order valence-corrected chi connectivity index (χ2v) is 9.77. The molecule has 0 fully saturated rings. The standard InChI is InChI=1S/C26H32FN5O5/c1-26(2,3)23(25(37)28-12-21(35)29-18(14-33)15-34)30-24(36)22-19-6-4-5-7-20(19)32(31-22)13-16-8-10-17(27)11-9-16/h4-11,18,23,33-34H,12-15H2,1-3H3,(H,28,37)(H,29,35)(H,30,36). The molecule has 0 radical (unpaired) electrons. The number of para-hydroxylation sites is 1. The Morgan fingerprint density at radius 3 is 2.27 bits per heavy atom. The molecular weight excluding hydrogens is 481 g/mol. The molecule has 3 rings (SSSR count). The van der Waals surface area contributed by atoms with Gasteiger partial charge in [-0.1, -0.05) is 51.1 Å². The maximum Gasteiger partial charge on any atom is 0.273 e. The third kappa shape index (κ3) is 7.11. The maximum atomic E-state index is 13.3. The molecule has 0 saturated heterocycles. The lowest BCUT2D eigenvalue weighted by Crippen LogP contribution is -2.55. The van der Waals surface area contributed by atoms with E-state index in [1.54, 1.807) is 49.7 Å². The minimum atomic E-state index is -1.000. The van der Waals surface area contributed by atoms with Gasteiger partial charge in [0, 0.05) is 5.39 Å². The Kier molecular flexibility index (Phi) is 8.95. The van der Waals surface area contributed by atoms with Crippen molar-refractivity contribution in [2.24, 2.45) is 5.41 Å². The van der Waals surface area contributed by atoms with E-state index < -0.39 is 55.0 Å². The van der Waals surface area contributed by atoms with Gasteiger partial charge in [-0.15, -0.1) is 0 Å². The summed E-state index contributed by atoms with van der Waals surface area (Å²) in [6, 6.07) is 11.3. The van der Waals surface area contributed by atoms with Crippen molar-refractivity contribution in [3.63, 3.8) is 0 Å². The first-order valence-corrected chi connectivity index (χ1v) is 11.8. The molecule has 198 valence electrons. The van der Waals surface area contributed by atoms with Crippen LogP contribution in [0.4, 0.5) is 4.39 Å². The van der Waals surface area contributed by atoms with E-state index in [0.717, 1.165) is 5.56 Å². The first kappa shape index (κ1) is 27.8. The van der Waals surface area contributed by atoms with Crippen LogP contribution in [0, 0.1) is 11.2 Å². The minimum Gasteiger partial charge on any atom is -0.394 e. The number of nitrogens with zero attached hydrogens (tertiary/aromatic N) is 2. The summed E-state index contributed by atoms with van der Waals surface area (Å²) in [5, 5.41) is 30.9. The zero-order chi connectivity index (χ0) is 27.2. The van der Waals surface area contributed by atoms with E-state index in [0.29, 0.717) is 17.4 Å². The molecule has 37 heavy (non-hydrogen) atoms. The molecule has 0 bridgehead atoms. The molecular formula is C26H32FN5O5. The summed E-state index contributed by atoms with van der Waals surface area (Å²) < 4.78 is 15.0. The Morgan fingerprint density at radius 1 is 1.00 bits per heavy atom.